The van der Waals surface area contributed by atoms with E-state index in [1.165, 1.54) is 29.8 Å². The zero-order chi connectivity index (χ0) is 23.2. The molecule has 0 unspecified atom stereocenters. The van der Waals surface area contributed by atoms with Gasteiger partial charge in [-0.2, -0.15) is 0 Å². The molecule has 1 aromatic heterocycles. The minimum Gasteiger partial charge on any atom is -0.361 e. The van der Waals surface area contributed by atoms with Crippen LogP contribution >= 0.6 is 11.6 Å². The average Bonchev–Trinajstić information content (AvgIpc) is 3.22. The second kappa shape index (κ2) is 11.1. The van der Waals surface area contributed by atoms with E-state index in [0.717, 1.165) is 62.5 Å². The first-order valence-electron chi connectivity index (χ1n) is 11.7. The number of amides is 1. The molecule has 0 bridgehead atoms. The number of carbonyl (C=O) groups excluding carboxylic acids is 1. The molecule has 1 aliphatic heterocycles. The van der Waals surface area contributed by atoms with E-state index in [2.05, 4.69) is 10.3 Å². The lowest BCUT2D eigenvalue weighted by atomic mass is 9.96. The molecule has 3 aromatic rings. The number of H-pyrrole nitrogens is 1. The van der Waals surface area contributed by atoms with Gasteiger partial charge < -0.3 is 15.2 Å². The molecule has 0 spiro atoms. The Labute approximate surface area is 198 Å². The number of hydrogen-bond acceptors (Lipinski definition) is 2. The van der Waals surface area contributed by atoms with Crippen LogP contribution in [0.4, 0.5) is 8.78 Å². The van der Waals surface area contributed by atoms with Crippen LogP contribution in [-0.2, 0) is 6.42 Å². The summed E-state index contributed by atoms with van der Waals surface area (Å²) in [6, 6.07) is 9.02. The fourth-order valence-electron chi connectivity index (χ4n) is 4.56. The third-order valence-electron chi connectivity index (χ3n) is 6.53. The molecular weight excluding hydrogens is 444 g/mol. The van der Waals surface area contributed by atoms with E-state index >= 15 is 0 Å². The first-order valence-corrected chi connectivity index (χ1v) is 12.1. The number of nitrogens with zero attached hydrogens (tertiary/aromatic N) is 1. The number of fused-ring (bicyclic) bond motifs is 1. The van der Waals surface area contributed by atoms with Crippen LogP contribution in [0.5, 0.6) is 0 Å². The summed E-state index contributed by atoms with van der Waals surface area (Å²) in [6.45, 7) is 3.37. The molecule has 0 radical (unpaired) electrons. The van der Waals surface area contributed by atoms with Crippen LogP contribution in [0.25, 0.3) is 10.9 Å². The van der Waals surface area contributed by atoms with Gasteiger partial charge >= 0.3 is 0 Å². The largest absolute Gasteiger partial charge is 0.361 e. The molecule has 0 atom stereocenters. The van der Waals surface area contributed by atoms with Crippen molar-refractivity contribution in [2.75, 3.05) is 26.2 Å². The number of halogens is 3. The SMILES string of the molecule is O=C(c1ccc(F)c(Cl)c1)N1CCC(CNCCCCCc2c[nH]c3ccc(F)cc23)CC1. The molecule has 4 nitrogen and oxygen atoms in total. The molecule has 4 rings (SSSR count). The topological polar surface area (TPSA) is 48.1 Å². The van der Waals surface area contributed by atoms with Gasteiger partial charge in [0.05, 0.1) is 5.02 Å². The second-order valence-corrected chi connectivity index (χ2v) is 9.29. The van der Waals surface area contributed by atoms with Crippen molar-refractivity contribution < 1.29 is 13.6 Å². The fraction of sp³-hybridized carbons (Fsp3) is 0.423. The number of hydrogen-bond donors (Lipinski definition) is 2. The molecule has 7 heteroatoms. The lowest BCUT2D eigenvalue weighted by Crippen LogP contribution is -2.40. The summed E-state index contributed by atoms with van der Waals surface area (Å²) in [5.74, 6) is -0.220. The van der Waals surface area contributed by atoms with Gasteiger partial charge in [-0.15, -0.1) is 0 Å². The third-order valence-corrected chi connectivity index (χ3v) is 6.82. The Balaban J connectivity index is 1.09. The number of aromatic nitrogens is 1. The van der Waals surface area contributed by atoms with Crippen molar-refractivity contribution >= 4 is 28.4 Å². The molecule has 2 aromatic carbocycles. The van der Waals surface area contributed by atoms with Crippen molar-refractivity contribution in [1.29, 1.82) is 0 Å². The van der Waals surface area contributed by atoms with Crippen LogP contribution in [0.2, 0.25) is 5.02 Å². The molecule has 0 saturated carbocycles. The predicted molar refractivity (Wildman–Crippen MR) is 129 cm³/mol. The molecule has 1 saturated heterocycles. The molecule has 1 fully saturated rings. The summed E-state index contributed by atoms with van der Waals surface area (Å²) in [7, 11) is 0. The van der Waals surface area contributed by atoms with E-state index in [-0.39, 0.29) is 16.7 Å². The van der Waals surface area contributed by atoms with Gasteiger partial charge in [0.25, 0.3) is 5.91 Å². The van der Waals surface area contributed by atoms with Crippen molar-refractivity contribution in [2.45, 2.75) is 38.5 Å². The number of benzene rings is 2. The Morgan fingerprint density at radius 2 is 1.91 bits per heavy atom. The van der Waals surface area contributed by atoms with Crippen molar-refractivity contribution in [2.24, 2.45) is 5.92 Å². The first kappa shape index (κ1) is 23.7. The van der Waals surface area contributed by atoms with Gasteiger partial charge in [-0.25, -0.2) is 8.78 Å². The van der Waals surface area contributed by atoms with Crippen LogP contribution in [-0.4, -0.2) is 42.0 Å². The quantitative estimate of drug-likeness (QED) is 0.377. The smallest absolute Gasteiger partial charge is 0.253 e. The molecule has 2 heterocycles. The van der Waals surface area contributed by atoms with E-state index in [4.69, 9.17) is 11.6 Å². The first-order chi connectivity index (χ1) is 16.0. The zero-order valence-electron chi connectivity index (χ0n) is 18.7. The van der Waals surface area contributed by atoms with Crippen LogP contribution in [0.3, 0.4) is 0 Å². The Morgan fingerprint density at radius 3 is 2.70 bits per heavy atom. The van der Waals surface area contributed by atoms with Crippen LogP contribution < -0.4 is 5.32 Å². The highest BCUT2D eigenvalue weighted by Crippen LogP contribution is 2.22. The highest BCUT2D eigenvalue weighted by atomic mass is 35.5. The average molecular weight is 474 g/mol. The maximum atomic E-state index is 13.5. The predicted octanol–water partition coefficient (Wildman–Crippen LogP) is 5.95. The summed E-state index contributed by atoms with van der Waals surface area (Å²) in [4.78, 5) is 17.7. The van der Waals surface area contributed by atoms with Crippen molar-refractivity contribution in [3.63, 3.8) is 0 Å². The summed E-state index contributed by atoms with van der Waals surface area (Å²) < 4.78 is 26.8. The third kappa shape index (κ3) is 6.12. The van der Waals surface area contributed by atoms with Gasteiger partial charge in [-0.1, -0.05) is 18.0 Å². The monoisotopic (exact) mass is 473 g/mol. The number of aromatic amines is 1. The normalized spacial score (nSPS) is 14.8. The minimum atomic E-state index is -0.508. The van der Waals surface area contributed by atoms with E-state index in [9.17, 15) is 13.6 Å². The number of unbranched alkanes of at least 4 members (excludes halogenated alkanes) is 2. The van der Waals surface area contributed by atoms with E-state index in [0.29, 0.717) is 24.6 Å². The summed E-state index contributed by atoms with van der Waals surface area (Å²) in [5.41, 5.74) is 2.61. The molecule has 1 aliphatic rings. The fourth-order valence-corrected chi connectivity index (χ4v) is 4.74. The van der Waals surface area contributed by atoms with Gasteiger partial charge in [-0.05, 0) is 93.1 Å². The summed E-state index contributed by atoms with van der Waals surface area (Å²) in [5, 5.41) is 4.53. The lowest BCUT2D eigenvalue weighted by Gasteiger charge is -2.32. The van der Waals surface area contributed by atoms with Gasteiger partial charge in [0, 0.05) is 35.8 Å². The Morgan fingerprint density at radius 1 is 1.09 bits per heavy atom. The van der Waals surface area contributed by atoms with Crippen molar-refractivity contribution in [3.8, 4) is 0 Å². The van der Waals surface area contributed by atoms with Crippen LogP contribution in [0.1, 0.15) is 48.0 Å². The Hall–Kier alpha value is -2.44. The Kier molecular flexibility index (Phi) is 7.99. The molecule has 0 aliphatic carbocycles. The minimum absolute atomic E-state index is 0.0183. The number of likely N-dealkylation sites (tertiary alicyclic amines) is 1. The number of aryl methyl sites for hydroxylation is 1. The molecular formula is C26H30ClF2N3O. The molecule has 1 amide bonds. The second-order valence-electron chi connectivity index (χ2n) is 8.88. The van der Waals surface area contributed by atoms with Crippen molar-refractivity contribution in [3.05, 3.63) is 70.4 Å². The molecule has 176 valence electrons. The van der Waals surface area contributed by atoms with Gasteiger partial charge in [0.2, 0.25) is 0 Å². The summed E-state index contributed by atoms with van der Waals surface area (Å²) in [6.07, 6.45) is 8.19. The highest BCUT2D eigenvalue weighted by Gasteiger charge is 2.23. The number of piperidine rings is 1. The number of carbonyl (C=O) groups is 1. The highest BCUT2D eigenvalue weighted by molar-refractivity contribution is 6.31. The number of nitrogens with one attached hydrogen (secondary N) is 2. The molecule has 33 heavy (non-hydrogen) atoms. The Bertz CT molecular complexity index is 1090. The van der Waals surface area contributed by atoms with Gasteiger partial charge in [0.15, 0.2) is 0 Å². The molecule has 2 N–H and O–H groups in total. The van der Waals surface area contributed by atoms with E-state index in [1.54, 1.807) is 12.1 Å². The van der Waals surface area contributed by atoms with E-state index in [1.807, 2.05) is 11.1 Å². The van der Waals surface area contributed by atoms with Gasteiger partial charge in [0.1, 0.15) is 11.6 Å². The maximum Gasteiger partial charge on any atom is 0.253 e. The zero-order valence-corrected chi connectivity index (χ0v) is 19.4. The number of rotatable bonds is 9. The lowest BCUT2D eigenvalue weighted by molar-refractivity contribution is 0.0690. The van der Waals surface area contributed by atoms with Gasteiger partial charge in [-0.3, -0.25) is 4.79 Å². The van der Waals surface area contributed by atoms with Crippen molar-refractivity contribution in [1.82, 2.24) is 15.2 Å². The maximum absolute atomic E-state index is 13.5. The van der Waals surface area contributed by atoms with Crippen LogP contribution in [0.15, 0.2) is 42.6 Å². The van der Waals surface area contributed by atoms with E-state index < -0.39 is 5.82 Å². The standard InChI is InChI=1S/C26H30ClF2N3O/c27-23-14-19(5-7-24(23)29)26(33)32-12-9-18(10-13-32)16-30-11-3-1-2-4-20-17-31-25-8-6-21(28)15-22(20)25/h5-8,14-15,17-18,30-31H,1-4,9-13,16H2. The van der Waals surface area contributed by atoms with Crippen LogP contribution in [0, 0.1) is 17.6 Å². The summed E-state index contributed by atoms with van der Waals surface area (Å²) >= 11 is 5.81.